The van der Waals surface area contributed by atoms with Crippen molar-refractivity contribution in [2.24, 2.45) is 5.92 Å². The molecule has 0 bridgehead atoms. The van der Waals surface area contributed by atoms with Gasteiger partial charge in [0.2, 0.25) is 0 Å². The highest BCUT2D eigenvalue weighted by Gasteiger charge is 2.13. The van der Waals surface area contributed by atoms with Crippen molar-refractivity contribution in [1.82, 2.24) is 19.7 Å². The predicted molar refractivity (Wildman–Crippen MR) is 128 cm³/mol. The SMILES string of the molecule is CCNCc1cccc(-c2ccn3c(-c4ccnc(C(=N)C(C)CC)c4)cnc3c2)c1. The van der Waals surface area contributed by atoms with Gasteiger partial charge in [-0.2, -0.15) is 0 Å². The Balaban J connectivity index is 1.67. The number of aromatic nitrogens is 3. The molecule has 31 heavy (non-hydrogen) atoms. The van der Waals surface area contributed by atoms with Gasteiger partial charge in [0.1, 0.15) is 5.65 Å². The second-order valence-electron chi connectivity index (χ2n) is 7.92. The molecule has 158 valence electrons. The summed E-state index contributed by atoms with van der Waals surface area (Å²) in [6, 6.07) is 16.9. The lowest BCUT2D eigenvalue weighted by atomic mass is 9.98. The molecular weight excluding hydrogens is 382 g/mol. The quantitative estimate of drug-likeness (QED) is 0.372. The lowest BCUT2D eigenvalue weighted by molar-refractivity contribution is 0.727. The molecule has 0 aliphatic heterocycles. The van der Waals surface area contributed by atoms with Crippen LogP contribution in [0.1, 0.15) is 38.4 Å². The first kappa shape index (κ1) is 20.9. The van der Waals surface area contributed by atoms with Crippen molar-refractivity contribution in [3.63, 3.8) is 0 Å². The van der Waals surface area contributed by atoms with E-state index < -0.39 is 0 Å². The molecule has 1 aromatic carbocycles. The highest BCUT2D eigenvalue weighted by atomic mass is 15.0. The smallest absolute Gasteiger partial charge is 0.137 e. The van der Waals surface area contributed by atoms with E-state index in [0.29, 0.717) is 5.71 Å². The number of fused-ring (bicyclic) bond motifs is 1. The van der Waals surface area contributed by atoms with E-state index in [1.54, 1.807) is 6.20 Å². The summed E-state index contributed by atoms with van der Waals surface area (Å²) in [4.78, 5) is 9.08. The molecule has 3 heterocycles. The van der Waals surface area contributed by atoms with Crippen molar-refractivity contribution in [3.05, 3.63) is 78.4 Å². The molecule has 4 aromatic rings. The third-order valence-corrected chi connectivity index (χ3v) is 5.79. The monoisotopic (exact) mass is 411 g/mol. The van der Waals surface area contributed by atoms with E-state index in [2.05, 4.69) is 83.1 Å². The van der Waals surface area contributed by atoms with Crippen molar-refractivity contribution in [3.8, 4) is 22.4 Å². The van der Waals surface area contributed by atoms with Gasteiger partial charge < -0.3 is 10.7 Å². The Bertz CT molecular complexity index is 1210. The fourth-order valence-corrected chi connectivity index (χ4v) is 3.70. The first-order chi connectivity index (χ1) is 15.1. The van der Waals surface area contributed by atoms with E-state index in [1.165, 1.54) is 11.1 Å². The molecule has 0 aliphatic carbocycles. The maximum absolute atomic E-state index is 8.41. The second kappa shape index (κ2) is 9.23. The van der Waals surface area contributed by atoms with Gasteiger partial charge in [0.05, 0.1) is 23.3 Å². The Hall–Kier alpha value is -3.31. The Labute approximate surface area is 183 Å². The van der Waals surface area contributed by atoms with Crippen LogP contribution in [0.5, 0.6) is 0 Å². The van der Waals surface area contributed by atoms with Crippen molar-refractivity contribution >= 4 is 11.4 Å². The summed E-state index contributed by atoms with van der Waals surface area (Å²) in [5.41, 5.74) is 7.85. The summed E-state index contributed by atoms with van der Waals surface area (Å²) in [6.07, 6.45) is 6.68. The summed E-state index contributed by atoms with van der Waals surface area (Å²) < 4.78 is 2.10. The summed E-state index contributed by atoms with van der Waals surface area (Å²) in [5.74, 6) is 0.191. The van der Waals surface area contributed by atoms with Crippen LogP contribution in [0.2, 0.25) is 0 Å². The summed E-state index contributed by atoms with van der Waals surface area (Å²) in [5, 5.41) is 11.8. The van der Waals surface area contributed by atoms with Gasteiger partial charge in [0, 0.05) is 24.5 Å². The molecule has 4 rings (SSSR count). The maximum atomic E-state index is 8.41. The fourth-order valence-electron chi connectivity index (χ4n) is 3.70. The normalized spacial score (nSPS) is 12.2. The van der Waals surface area contributed by atoms with Crippen molar-refractivity contribution in [1.29, 1.82) is 5.41 Å². The molecule has 1 unspecified atom stereocenters. The first-order valence-corrected chi connectivity index (χ1v) is 10.9. The molecule has 0 amide bonds. The Morgan fingerprint density at radius 2 is 1.87 bits per heavy atom. The molecule has 0 saturated heterocycles. The van der Waals surface area contributed by atoms with E-state index in [1.807, 2.05) is 18.3 Å². The van der Waals surface area contributed by atoms with Crippen LogP contribution in [-0.4, -0.2) is 26.6 Å². The van der Waals surface area contributed by atoms with Gasteiger partial charge in [0.15, 0.2) is 0 Å². The average Bonchev–Trinajstić information content (AvgIpc) is 3.25. The molecule has 0 spiro atoms. The van der Waals surface area contributed by atoms with Gasteiger partial charge in [-0.3, -0.25) is 9.38 Å². The van der Waals surface area contributed by atoms with Crippen molar-refractivity contribution in [2.45, 2.75) is 33.7 Å². The van der Waals surface area contributed by atoms with Crippen LogP contribution in [0.3, 0.4) is 0 Å². The number of pyridine rings is 2. The Morgan fingerprint density at radius 3 is 2.68 bits per heavy atom. The second-order valence-corrected chi connectivity index (χ2v) is 7.92. The number of imidazole rings is 1. The number of hydrogen-bond donors (Lipinski definition) is 2. The fraction of sp³-hybridized carbons (Fsp3) is 0.269. The number of hydrogen-bond acceptors (Lipinski definition) is 4. The van der Waals surface area contributed by atoms with Crippen molar-refractivity contribution < 1.29 is 0 Å². The number of rotatable bonds is 8. The lowest BCUT2D eigenvalue weighted by Gasteiger charge is -2.11. The zero-order valence-corrected chi connectivity index (χ0v) is 18.4. The van der Waals surface area contributed by atoms with Gasteiger partial charge in [0.25, 0.3) is 0 Å². The summed E-state index contributed by atoms with van der Waals surface area (Å²) in [6.45, 7) is 8.12. The molecular formula is C26H29N5. The Kier molecular flexibility index (Phi) is 6.23. The molecule has 3 aromatic heterocycles. The minimum atomic E-state index is 0.191. The van der Waals surface area contributed by atoms with Crippen LogP contribution in [0.15, 0.2) is 67.1 Å². The van der Waals surface area contributed by atoms with Crippen LogP contribution in [0.4, 0.5) is 0 Å². The van der Waals surface area contributed by atoms with Crippen molar-refractivity contribution in [2.75, 3.05) is 6.54 Å². The molecule has 5 heteroatoms. The molecule has 1 atom stereocenters. The molecule has 0 fully saturated rings. The molecule has 0 radical (unpaired) electrons. The maximum Gasteiger partial charge on any atom is 0.137 e. The zero-order valence-electron chi connectivity index (χ0n) is 18.4. The largest absolute Gasteiger partial charge is 0.313 e. The topological polar surface area (TPSA) is 66.1 Å². The van der Waals surface area contributed by atoms with Gasteiger partial charge in [-0.1, -0.05) is 39.0 Å². The van der Waals surface area contributed by atoms with Crippen LogP contribution in [0.25, 0.3) is 28.0 Å². The molecule has 5 nitrogen and oxygen atoms in total. The number of nitrogens with one attached hydrogen (secondary N) is 2. The van der Waals surface area contributed by atoms with Crippen LogP contribution in [-0.2, 0) is 6.54 Å². The van der Waals surface area contributed by atoms with Crippen LogP contribution >= 0.6 is 0 Å². The minimum absolute atomic E-state index is 0.191. The number of benzene rings is 1. The standard InChI is InChI=1S/C26H29N5/c1-4-18(3)26(27)23-14-22(9-11-29-23)24-17-30-25-15-21(10-12-31(24)25)20-8-6-7-19(13-20)16-28-5-2/h6-15,17-18,27-28H,4-5,16H2,1-3H3. The first-order valence-electron chi connectivity index (χ1n) is 10.9. The summed E-state index contributed by atoms with van der Waals surface area (Å²) in [7, 11) is 0. The van der Waals surface area contributed by atoms with Gasteiger partial charge in [-0.05, 0) is 65.9 Å². The highest BCUT2D eigenvalue weighted by Crippen LogP contribution is 2.26. The van der Waals surface area contributed by atoms with Crippen LogP contribution < -0.4 is 5.32 Å². The van der Waals surface area contributed by atoms with E-state index in [4.69, 9.17) is 5.41 Å². The molecule has 0 aliphatic rings. The van der Waals surface area contributed by atoms with Crippen LogP contribution in [0, 0.1) is 11.3 Å². The third kappa shape index (κ3) is 4.42. The molecule has 0 saturated carbocycles. The average molecular weight is 412 g/mol. The third-order valence-electron chi connectivity index (χ3n) is 5.79. The zero-order chi connectivity index (χ0) is 21.8. The minimum Gasteiger partial charge on any atom is -0.313 e. The Morgan fingerprint density at radius 1 is 1.03 bits per heavy atom. The van der Waals surface area contributed by atoms with E-state index in [-0.39, 0.29) is 5.92 Å². The van der Waals surface area contributed by atoms with Gasteiger partial charge in [-0.15, -0.1) is 0 Å². The highest BCUT2D eigenvalue weighted by molar-refractivity contribution is 5.98. The van der Waals surface area contributed by atoms with Gasteiger partial charge >= 0.3 is 0 Å². The van der Waals surface area contributed by atoms with Gasteiger partial charge in [-0.25, -0.2) is 4.98 Å². The van der Waals surface area contributed by atoms with E-state index in [0.717, 1.165) is 47.7 Å². The van der Waals surface area contributed by atoms with E-state index in [9.17, 15) is 0 Å². The number of nitrogens with zero attached hydrogens (tertiary/aromatic N) is 3. The van der Waals surface area contributed by atoms with E-state index >= 15 is 0 Å². The predicted octanol–water partition coefficient (Wildman–Crippen LogP) is 5.59. The lowest BCUT2D eigenvalue weighted by Crippen LogP contribution is -2.12. The molecule has 2 N–H and O–H groups in total. The summed E-state index contributed by atoms with van der Waals surface area (Å²) >= 11 is 0.